The van der Waals surface area contributed by atoms with Crippen molar-refractivity contribution in [1.82, 2.24) is 9.97 Å². The quantitative estimate of drug-likeness (QED) is 0.725. The average Bonchev–Trinajstić information content (AvgIpc) is 2.54. The monoisotopic (exact) mass is 360 g/mol. The Balaban J connectivity index is 2.10. The van der Waals surface area contributed by atoms with E-state index >= 15 is 0 Å². The van der Waals surface area contributed by atoms with Crippen LogP contribution < -0.4 is 10.9 Å². The summed E-state index contributed by atoms with van der Waals surface area (Å²) < 4.78 is 38.6. The Morgan fingerprint density at radius 1 is 0.962 bits per heavy atom. The van der Waals surface area contributed by atoms with E-state index in [2.05, 4.69) is 9.97 Å². The Kier molecular flexibility index (Phi) is 4.31. The van der Waals surface area contributed by atoms with Gasteiger partial charge in [-0.05, 0) is 31.5 Å². The number of hydrogen-bond donors (Lipinski definition) is 2. The van der Waals surface area contributed by atoms with Crippen LogP contribution in [0.4, 0.5) is 13.2 Å². The van der Waals surface area contributed by atoms with Crippen LogP contribution in [-0.2, 0) is 6.18 Å². The molecule has 3 rings (SSSR count). The summed E-state index contributed by atoms with van der Waals surface area (Å²) in [6, 6.07) is 7.27. The summed E-state index contributed by atoms with van der Waals surface area (Å²) in [5.74, 6) is 0. The highest BCUT2D eigenvalue weighted by Gasteiger charge is 2.30. The first-order chi connectivity index (χ1) is 12.2. The van der Waals surface area contributed by atoms with Gasteiger partial charge in [0.15, 0.2) is 10.9 Å². The molecule has 4 nitrogen and oxygen atoms in total. The first-order valence-corrected chi connectivity index (χ1v) is 7.78. The molecule has 0 unspecified atom stereocenters. The van der Waals surface area contributed by atoms with Crippen LogP contribution in [-0.4, -0.2) is 9.97 Å². The van der Waals surface area contributed by atoms with Gasteiger partial charge in [-0.3, -0.25) is 9.59 Å². The zero-order valence-corrected chi connectivity index (χ0v) is 14.0. The van der Waals surface area contributed by atoms with Crippen molar-refractivity contribution in [3.63, 3.8) is 0 Å². The van der Waals surface area contributed by atoms with Crippen molar-refractivity contribution in [3.05, 3.63) is 80.0 Å². The van der Waals surface area contributed by atoms with Gasteiger partial charge in [0.1, 0.15) is 0 Å². The van der Waals surface area contributed by atoms with Gasteiger partial charge in [-0.2, -0.15) is 13.2 Å². The maximum atomic E-state index is 12.9. The van der Waals surface area contributed by atoms with Gasteiger partial charge >= 0.3 is 6.18 Å². The normalized spacial score (nSPS) is 11.6. The van der Waals surface area contributed by atoms with Crippen LogP contribution in [0.15, 0.2) is 52.2 Å². The highest BCUT2D eigenvalue weighted by Crippen LogP contribution is 2.31. The molecule has 0 aliphatic carbocycles. The van der Waals surface area contributed by atoms with E-state index < -0.39 is 17.2 Å². The minimum absolute atomic E-state index is 0.166. The fourth-order valence-corrected chi connectivity index (χ4v) is 2.88. The van der Waals surface area contributed by atoms with Crippen LogP contribution in [0.3, 0.4) is 0 Å². The molecule has 26 heavy (non-hydrogen) atoms. The van der Waals surface area contributed by atoms with Gasteiger partial charge in [0.25, 0.3) is 0 Å². The summed E-state index contributed by atoms with van der Waals surface area (Å²) in [7, 11) is 0. The van der Waals surface area contributed by atoms with Crippen molar-refractivity contribution < 1.29 is 13.2 Å². The third-order valence-electron chi connectivity index (χ3n) is 4.04. The second kappa shape index (κ2) is 6.33. The van der Waals surface area contributed by atoms with Crippen LogP contribution in [0, 0.1) is 13.8 Å². The highest BCUT2D eigenvalue weighted by atomic mass is 19.4. The van der Waals surface area contributed by atoms with Gasteiger partial charge in [0, 0.05) is 35.4 Å². The largest absolute Gasteiger partial charge is 0.416 e. The number of hydrogen-bond acceptors (Lipinski definition) is 2. The van der Waals surface area contributed by atoms with E-state index in [9.17, 15) is 22.8 Å². The molecule has 2 heterocycles. The van der Waals surface area contributed by atoms with Gasteiger partial charge < -0.3 is 9.97 Å². The maximum Gasteiger partial charge on any atom is 0.416 e. The van der Waals surface area contributed by atoms with Gasteiger partial charge in [-0.15, -0.1) is 0 Å². The highest BCUT2D eigenvalue weighted by molar-refractivity contribution is 5.68. The van der Waals surface area contributed by atoms with Crippen LogP contribution in [0.5, 0.6) is 0 Å². The van der Waals surface area contributed by atoms with E-state index in [-0.39, 0.29) is 27.8 Å². The Hall–Kier alpha value is -3.09. The summed E-state index contributed by atoms with van der Waals surface area (Å²) in [5, 5.41) is 0. The SMILES string of the molecule is Cc1cc(=O)c(-c2c[nH]c(-c3cccc(C(F)(F)F)c3)cc2=O)c(C)[nH]1. The molecular weight excluding hydrogens is 345 g/mol. The zero-order chi connectivity index (χ0) is 19.1. The standard InChI is InChI=1S/C19H15F3N2O2/c1-10-6-17(26)18(11(2)24-10)14-9-23-15(8-16(14)25)12-4-3-5-13(7-12)19(20,21)22/h3-9H,1-2H3,(H,23,25)(H,24,26). The molecule has 0 atom stereocenters. The molecule has 2 aromatic heterocycles. The Morgan fingerprint density at radius 3 is 2.31 bits per heavy atom. The van der Waals surface area contributed by atoms with Crippen molar-refractivity contribution in [1.29, 1.82) is 0 Å². The first kappa shape index (κ1) is 17.7. The number of aromatic amines is 2. The zero-order valence-electron chi connectivity index (χ0n) is 14.0. The predicted octanol–water partition coefficient (Wildman–Crippen LogP) is 4.03. The topological polar surface area (TPSA) is 65.7 Å². The fourth-order valence-electron chi connectivity index (χ4n) is 2.88. The number of nitrogens with one attached hydrogen (secondary N) is 2. The van der Waals surface area contributed by atoms with Crippen molar-refractivity contribution in [2.45, 2.75) is 20.0 Å². The smallest absolute Gasteiger partial charge is 0.362 e. The minimum Gasteiger partial charge on any atom is -0.362 e. The lowest BCUT2D eigenvalue weighted by Crippen LogP contribution is -2.15. The second-order valence-corrected chi connectivity index (χ2v) is 6.02. The molecule has 0 amide bonds. The summed E-state index contributed by atoms with van der Waals surface area (Å²) >= 11 is 0. The van der Waals surface area contributed by atoms with Crippen molar-refractivity contribution in [2.24, 2.45) is 0 Å². The summed E-state index contributed by atoms with van der Waals surface area (Å²) in [6.07, 6.45) is -3.12. The predicted molar refractivity (Wildman–Crippen MR) is 93.0 cm³/mol. The van der Waals surface area contributed by atoms with Crippen LogP contribution in [0.1, 0.15) is 17.0 Å². The molecule has 7 heteroatoms. The molecule has 0 fully saturated rings. The lowest BCUT2D eigenvalue weighted by molar-refractivity contribution is -0.137. The maximum absolute atomic E-state index is 12.9. The number of H-pyrrole nitrogens is 2. The van der Waals surface area contributed by atoms with E-state index in [1.165, 1.54) is 30.5 Å². The number of rotatable bonds is 2. The minimum atomic E-state index is -4.47. The number of aryl methyl sites for hydroxylation is 2. The van der Waals surface area contributed by atoms with E-state index in [0.717, 1.165) is 12.1 Å². The molecule has 0 aliphatic heterocycles. The third kappa shape index (κ3) is 3.33. The fraction of sp³-hybridized carbons (Fsp3) is 0.158. The average molecular weight is 360 g/mol. The molecule has 0 aliphatic rings. The molecule has 0 saturated carbocycles. The molecule has 1 aromatic carbocycles. The van der Waals surface area contributed by atoms with E-state index in [1.807, 2.05) is 0 Å². The van der Waals surface area contributed by atoms with Gasteiger partial charge in [-0.25, -0.2) is 0 Å². The molecule has 3 aromatic rings. The van der Waals surface area contributed by atoms with E-state index in [4.69, 9.17) is 0 Å². The van der Waals surface area contributed by atoms with Gasteiger partial charge in [0.05, 0.1) is 16.7 Å². The molecule has 0 bridgehead atoms. The summed E-state index contributed by atoms with van der Waals surface area (Å²) in [5.41, 5.74) is 0.562. The third-order valence-corrected chi connectivity index (χ3v) is 4.04. The van der Waals surface area contributed by atoms with Crippen molar-refractivity contribution in [2.75, 3.05) is 0 Å². The summed E-state index contributed by atoms with van der Waals surface area (Å²) in [4.78, 5) is 30.5. The van der Waals surface area contributed by atoms with Crippen LogP contribution in [0.25, 0.3) is 22.4 Å². The number of pyridine rings is 2. The molecule has 134 valence electrons. The van der Waals surface area contributed by atoms with E-state index in [0.29, 0.717) is 11.4 Å². The summed E-state index contributed by atoms with van der Waals surface area (Å²) in [6.45, 7) is 3.42. The Morgan fingerprint density at radius 2 is 1.69 bits per heavy atom. The molecule has 2 N–H and O–H groups in total. The second-order valence-electron chi connectivity index (χ2n) is 6.02. The Bertz CT molecular complexity index is 1090. The number of aromatic nitrogens is 2. The Labute approximate surface area is 146 Å². The van der Waals surface area contributed by atoms with E-state index in [1.54, 1.807) is 13.8 Å². The number of halogens is 3. The van der Waals surface area contributed by atoms with Crippen LogP contribution in [0.2, 0.25) is 0 Å². The lowest BCUT2D eigenvalue weighted by Gasteiger charge is -2.10. The lowest BCUT2D eigenvalue weighted by atomic mass is 10.0. The van der Waals surface area contributed by atoms with Crippen molar-refractivity contribution in [3.8, 4) is 22.4 Å². The first-order valence-electron chi connectivity index (χ1n) is 7.78. The molecule has 0 radical (unpaired) electrons. The van der Waals surface area contributed by atoms with Crippen LogP contribution >= 0.6 is 0 Å². The number of alkyl halides is 3. The number of benzene rings is 1. The van der Waals surface area contributed by atoms with Crippen molar-refractivity contribution >= 4 is 0 Å². The molecule has 0 saturated heterocycles. The van der Waals surface area contributed by atoms with Gasteiger partial charge in [-0.1, -0.05) is 12.1 Å². The van der Waals surface area contributed by atoms with Gasteiger partial charge in [0.2, 0.25) is 0 Å². The molecular formula is C19H15F3N2O2. The molecule has 0 spiro atoms.